The van der Waals surface area contributed by atoms with E-state index >= 15 is 0 Å². The van der Waals surface area contributed by atoms with E-state index in [0.717, 1.165) is 23.8 Å². The highest BCUT2D eigenvalue weighted by atomic mass is 19.1. The molecule has 2 nitrogen and oxygen atoms in total. The van der Waals surface area contributed by atoms with Gasteiger partial charge in [-0.3, -0.25) is 4.90 Å². The molecule has 1 unspecified atom stereocenters. The summed E-state index contributed by atoms with van der Waals surface area (Å²) in [5, 5.41) is 0. The van der Waals surface area contributed by atoms with E-state index in [9.17, 15) is 13.2 Å². The molecule has 21 heavy (non-hydrogen) atoms. The lowest BCUT2D eigenvalue weighted by atomic mass is 10.0. The summed E-state index contributed by atoms with van der Waals surface area (Å²) in [5.74, 6) is -1.30. The topological polar surface area (TPSA) is 29.3 Å². The lowest BCUT2D eigenvalue weighted by Gasteiger charge is -2.27. The van der Waals surface area contributed by atoms with E-state index in [4.69, 9.17) is 5.73 Å². The van der Waals surface area contributed by atoms with Crippen LogP contribution in [0, 0.1) is 17.5 Å². The summed E-state index contributed by atoms with van der Waals surface area (Å²) in [7, 11) is 1.77. The number of benzene rings is 2. The zero-order chi connectivity index (χ0) is 15.4. The second kappa shape index (κ2) is 6.74. The fourth-order valence-corrected chi connectivity index (χ4v) is 2.30. The highest BCUT2D eigenvalue weighted by molar-refractivity contribution is 5.23. The molecule has 0 saturated carbocycles. The SMILES string of the molecule is CN(Cc1ccc(F)cc1)C(CN)c1cc(F)ccc1F. The van der Waals surface area contributed by atoms with Gasteiger partial charge in [-0.2, -0.15) is 0 Å². The maximum absolute atomic E-state index is 13.9. The smallest absolute Gasteiger partial charge is 0.128 e. The quantitative estimate of drug-likeness (QED) is 0.917. The zero-order valence-corrected chi connectivity index (χ0v) is 11.7. The van der Waals surface area contributed by atoms with Crippen molar-refractivity contribution in [1.82, 2.24) is 4.90 Å². The molecule has 5 heteroatoms. The first-order valence-corrected chi connectivity index (χ1v) is 6.61. The first kappa shape index (κ1) is 15.5. The number of nitrogens with zero attached hydrogens (tertiary/aromatic N) is 1. The molecule has 0 aliphatic carbocycles. The second-order valence-corrected chi connectivity index (χ2v) is 4.96. The summed E-state index contributed by atoms with van der Waals surface area (Å²) >= 11 is 0. The van der Waals surface area contributed by atoms with Crippen LogP contribution in [0.2, 0.25) is 0 Å². The molecule has 0 aliphatic rings. The third-order valence-corrected chi connectivity index (χ3v) is 3.42. The van der Waals surface area contributed by atoms with E-state index in [-0.39, 0.29) is 17.9 Å². The Morgan fingerprint density at radius 3 is 2.24 bits per heavy atom. The Labute approximate surface area is 122 Å². The Kier molecular flexibility index (Phi) is 4.98. The lowest BCUT2D eigenvalue weighted by Crippen LogP contribution is -2.31. The van der Waals surface area contributed by atoms with Crippen LogP contribution in [0.1, 0.15) is 17.2 Å². The van der Waals surface area contributed by atoms with Crippen LogP contribution in [0.15, 0.2) is 42.5 Å². The maximum Gasteiger partial charge on any atom is 0.128 e. The van der Waals surface area contributed by atoms with Crippen molar-refractivity contribution in [3.63, 3.8) is 0 Å². The minimum Gasteiger partial charge on any atom is -0.329 e. The van der Waals surface area contributed by atoms with Crippen LogP contribution in [0.3, 0.4) is 0 Å². The van der Waals surface area contributed by atoms with E-state index in [1.54, 1.807) is 19.2 Å². The standard InChI is InChI=1S/C16H17F3N2/c1-21(10-11-2-4-12(17)5-3-11)16(9-20)14-8-13(18)6-7-15(14)19/h2-8,16H,9-10,20H2,1H3. The van der Waals surface area contributed by atoms with Gasteiger partial charge >= 0.3 is 0 Å². The van der Waals surface area contributed by atoms with Gasteiger partial charge in [-0.25, -0.2) is 13.2 Å². The molecule has 0 fully saturated rings. The number of hydrogen-bond donors (Lipinski definition) is 1. The molecule has 2 N–H and O–H groups in total. The van der Waals surface area contributed by atoms with Gasteiger partial charge in [0.15, 0.2) is 0 Å². The molecule has 2 aromatic carbocycles. The minimum atomic E-state index is -0.500. The van der Waals surface area contributed by atoms with Crippen LogP contribution in [-0.2, 0) is 6.54 Å². The molecule has 2 rings (SSSR count). The average molecular weight is 294 g/mol. The highest BCUT2D eigenvalue weighted by Crippen LogP contribution is 2.24. The number of likely N-dealkylation sites (N-methyl/N-ethyl adjacent to an activating group) is 1. The van der Waals surface area contributed by atoms with Crippen LogP contribution < -0.4 is 5.73 Å². The predicted octanol–water partition coefficient (Wildman–Crippen LogP) is 3.24. The molecule has 1 atom stereocenters. The van der Waals surface area contributed by atoms with E-state index < -0.39 is 17.7 Å². The summed E-state index contributed by atoms with van der Waals surface area (Å²) < 4.78 is 40.1. The molecule has 0 radical (unpaired) electrons. The van der Waals surface area contributed by atoms with Crippen LogP contribution >= 0.6 is 0 Å². The molecule has 0 aliphatic heterocycles. The summed E-state index contributed by atoms with van der Waals surface area (Å²) in [6.45, 7) is 0.607. The maximum atomic E-state index is 13.9. The number of halogens is 3. The van der Waals surface area contributed by atoms with Crippen LogP contribution in [-0.4, -0.2) is 18.5 Å². The second-order valence-electron chi connectivity index (χ2n) is 4.96. The number of nitrogens with two attached hydrogens (primary N) is 1. The van der Waals surface area contributed by atoms with Gasteiger partial charge in [0.2, 0.25) is 0 Å². The third-order valence-electron chi connectivity index (χ3n) is 3.42. The average Bonchev–Trinajstić information content (AvgIpc) is 2.46. The van der Waals surface area contributed by atoms with Crippen LogP contribution in [0.4, 0.5) is 13.2 Å². The van der Waals surface area contributed by atoms with Gasteiger partial charge in [0.25, 0.3) is 0 Å². The largest absolute Gasteiger partial charge is 0.329 e. The molecule has 0 amide bonds. The highest BCUT2D eigenvalue weighted by Gasteiger charge is 2.20. The van der Waals surface area contributed by atoms with Crippen molar-refractivity contribution >= 4 is 0 Å². The Hall–Kier alpha value is -1.85. The Morgan fingerprint density at radius 2 is 1.62 bits per heavy atom. The van der Waals surface area contributed by atoms with Crippen molar-refractivity contribution in [2.75, 3.05) is 13.6 Å². The van der Waals surface area contributed by atoms with Gasteiger partial charge < -0.3 is 5.73 Å². The fourth-order valence-electron chi connectivity index (χ4n) is 2.30. The number of hydrogen-bond acceptors (Lipinski definition) is 2. The predicted molar refractivity (Wildman–Crippen MR) is 76.0 cm³/mol. The van der Waals surface area contributed by atoms with Crippen molar-refractivity contribution in [3.05, 3.63) is 71.0 Å². The lowest BCUT2D eigenvalue weighted by molar-refractivity contribution is 0.236. The Bertz CT molecular complexity index is 599. The Balaban J connectivity index is 2.20. The van der Waals surface area contributed by atoms with Crippen LogP contribution in [0.25, 0.3) is 0 Å². The van der Waals surface area contributed by atoms with Crippen molar-refractivity contribution in [2.24, 2.45) is 5.73 Å². The molecule has 0 bridgehead atoms. The summed E-state index contributed by atoms with van der Waals surface area (Å²) in [4.78, 5) is 1.81. The third kappa shape index (κ3) is 3.83. The van der Waals surface area contributed by atoms with Crippen molar-refractivity contribution in [3.8, 4) is 0 Å². The van der Waals surface area contributed by atoms with E-state index in [1.165, 1.54) is 12.1 Å². The van der Waals surface area contributed by atoms with Gasteiger partial charge in [-0.15, -0.1) is 0 Å². The van der Waals surface area contributed by atoms with Gasteiger partial charge in [0.1, 0.15) is 17.5 Å². The molecule has 2 aromatic rings. The molecular formula is C16H17F3N2. The van der Waals surface area contributed by atoms with Crippen molar-refractivity contribution in [2.45, 2.75) is 12.6 Å². The molecular weight excluding hydrogens is 277 g/mol. The monoisotopic (exact) mass is 294 g/mol. The summed E-state index contributed by atoms with van der Waals surface area (Å²) in [5.41, 5.74) is 6.81. The zero-order valence-electron chi connectivity index (χ0n) is 11.7. The van der Waals surface area contributed by atoms with Crippen molar-refractivity contribution < 1.29 is 13.2 Å². The first-order chi connectivity index (χ1) is 10.0. The molecule has 0 heterocycles. The first-order valence-electron chi connectivity index (χ1n) is 6.61. The van der Waals surface area contributed by atoms with E-state index in [0.29, 0.717) is 6.54 Å². The molecule has 112 valence electrons. The normalized spacial score (nSPS) is 12.7. The van der Waals surface area contributed by atoms with E-state index in [2.05, 4.69) is 0 Å². The van der Waals surface area contributed by atoms with E-state index in [1.807, 2.05) is 4.90 Å². The molecule has 0 spiro atoms. The molecule has 0 saturated heterocycles. The summed E-state index contributed by atoms with van der Waals surface area (Å²) in [6, 6.07) is 8.92. The summed E-state index contributed by atoms with van der Waals surface area (Å²) in [6.07, 6.45) is 0. The van der Waals surface area contributed by atoms with Crippen molar-refractivity contribution in [1.29, 1.82) is 0 Å². The van der Waals surface area contributed by atoms with Gasteiger partial charge in [-0.05, 0) is 42.9 Å². The van der Waals surface area contributed by atoms with Gasteiger partial charge in [-0.1, -0.05) is 12.1 Å². The minimum absolute atomic E-state index is 0.151. The van der Waals surface area contributed by atoms with Gasteiger partial charge in [0.05, 0.1) is 6.04 Å². The molecule has 0 aromatic heterocycles. The van der Waals surface area contributed by atoms with Crippen LogP contribution in [0.5, 0.6) is 0 Å². The Morgan fingerprint density at radius 1 is 1.00 bits per heavy atom. The number of rotatable bonds is 5. The van der Waals surface area contributed by atoms with Gasteiger partial charge in [0, 0.05) is 18.7 Å². The fraction of sp³-hybridized carbons (Fsp3) is 0.250.